The minimum absolute atomic E-state index is 0.410. The van der Waals surface area contributed by atoms with Crippen LogP contribution in [0.2, 0.25) is 0 Å². The number of hydrogen-bond acceptors (Lipinski definition) is 4. The van der Waals surface area contributed by atoms with Crippen molar-refractivity contribution in [3.63, 3.8) is 0 Å². The van der Waals surface area contributed by atoms with Gasteiger partial charge in [-0.25, -0.2) is 0 Å². The molecule has 0 amide bonds. The number of hydrogen-bond donors (Lipinski definition) is 2. The zero-order valence-corrected chi connectivity index (χ0v) is 15.8. The first-order valence-corrected chi connectivity index (χ1v) is 9.41. The predicted molar refractivity (Wildman–Crippen MR) is 98.6 cm³/mol. The largest absolute Gasteiger partial charge is 0.385 e. The molecule has 0 radical (unpaired) electrons. The lowest BCUT2D eigenvalue weighted by molar-refractivity contribution is 0.0320. The van der Waals surface area contributed by atoms with Gasteiger partial charge in [0.25, 0.3) is 0 Å². The highest BCUT2D eigenvalue weighted by Crippen LogP contribution is 2.43. The Kier molecular flexibility index (Phi) is 8.29. The quantitative estimate of drug-likeness (QED) is 0.490. The molecule has 2 rings (SSSR count). The van der Waals surface area contributed by atoms with Crippen LogP contribution in [0.25, 0.3) is 0 Å². The van der Waals surface area contributed by atoms with Crippen molar-refractivity contribution < 1.29 is 9.47 Å². The van der Waals surface area contributed by atoms with Crippen LogP contribution in [0.3, 0.4) is 0 Å². The summed E-state index contributed by atoms with van der Waals surface area (Å²) >= 11 is 0. The highest BCUT2D eigenvalue weighted by atomic mass is 16.5. The monoisotopic (exact) mass is 340 g/mol. The third-order valence-corrected chi connectivity index (χ3v) is 5.40. The van der Waals surface area contributed by atoms with Gasteiger partial charge >= 0.3 is 0 Å². The summed E-state index contributed by atoms with van der Waals surface area (Å²) in [6.07, 6.45) is 5.08. The maximum atomic E-state index is 5.41. The van der Waals surface area contributed by atoms with Gasteiger partial charge in [0.2, 0.25) is 0 Å². The topological polar surface area (TPSA) is 58.1 Å². The van der Waals surface area contributed by atoms with Crippen LogP contribution in [-0.4, -0.2) is 77.6 Å². The van der Waals surface area contributed by atoms with E-state index in [2.05, 4.69) is 27.4 Å². The number of nitrogens with one attached hydrogen (secondary N) is 2. The van der Waals surface area contributed by atoms with Crippen LogP contribution in [0.5, 0.6) is 0 Å². The summed E-state index contributed by atoms with van der Waals surface area (Å²) in [5, 5.41) is 7.02. The molecule has 2 N–H and O–H groups in total. The number of aliphatic imine (C=N–C) groups is 1. The lowest BCUT2D eigenvalue weighted by atomic mass is 9.67. The maximum absolute atomic E-state index is 5.41. The van der Waals surface area contributed by atoms with Crippen LogP contribution in [-0.2, 0) is 9.47 Å². The second kappa shape index (κ2) is 10.2. The molecule has 0 aromatic carbocycles. The second-order valence-corrected chi connectivity index (χ2v) is 7.42. The van der Waals surface area contributed by atoms with E-state index >= 15 is 0 Å². The van der Waals surface area contributed by atoms with Crippen LogP contribution >= 0.6 is 0 Å². The molecule has 1 aliphatic carbocycles. The molecule has 6 nitrogen and oxygen atoms in total. The summed E-state index contributed by atoms with van der Waals surface area (Å²) in [5.74, 6) is 1.51. The SMILES string of the molecule is CN=C(NCC(C)CN1CCOCC1)NCC1(CCOC)CCC1. The second-order valence-electron chi connectivity index (χ2n) is 7.42. The van der Waals surface area contributed by atoms with Crippen LogP contribution < -0.4 is 10.6 Å². The van der Waals surface area contributed by atoms with Crippen LogP contribution in [0.1, 0.15) is 32.6 Å². The Balaban J connectivity index is 1.66. The minimum atomic E-state index is 0.410. The van der Waals surface area contributed by atoms with E-state index in [4.69, 9.17) is 9.47 Å². The Hall–Kier alpha value is -0.850. The van der Waals surface area contributed by atoms with Crippen molar-refractivity contribution in [2.75, 3.05) is 66.7 Å². The molecular weight excluding hydrogens is 304 g/mol. The van der Waals surface area contributed by atoms with Gasteiger partial charge in [-0.15, -0.1) is 0 Å². The zero-order chi connectivity index (χ0) is 17.3. The lowest BCUT2D eigenvalue weighted by Crippen LogP contribution is -2.48. The zero-order valence-electron chi connectivity index (χ0n) is 15.8. The number of ether oxygens (including phenoxy) is 2. The molecule has 1 saturated heterocycles. The highest BCUT2D eigenvalue weighted by Gasteiger charge is 2.36. The number of rotatable bonds is 9. The van der Waals surface area contributed by atoms with Gasteiger partial charge in [0.1, 0.15) is 0 Å². The molecule has 0 bridgehead atoms. The first kappa shape index (κ1) is 19.5. The van der Waals surface area contributed by atoms with E-state index in [0.717, 1.165) is 64.9 Å². The van der Waals surface area contributed by atoms with Gasteiger partial charge in [-0.1, -0.05) is 13.3 Å². The summed E-state index contributed by atoms with van der Waals surface area (Å²) in [5.41, 5.74) is 0.410. The molecule has 2 fully saturated rings. The molecule has 1 saturated carbocycles. The fraction of sp³-hybridized carbons (Fsp3) is 0.944. The summed E-state index contributed by atoms with van der Waals surface area (Å²) < 4.78 is 10.7. The predicted octanol–water partition coefficient (Wildman–Crippen LogP) is 1.33. The van der Waals surface area contributed by atoms with Gasteiger partial charge in [-0.05, 0) is 30.6 Å². The summed E-state index contributed by atoms with van der Waals surface area (Å²) in [6, 6.07) is 0. The molecule has 1 aliphatic heterocycles. The molecule has 0 aromatic rings. The third kappa shape index (κ3) is 6.22. The average Bonchev–Trinajstić information content (AvgIpc) is 2.57. The normalized spacial score (nSPS) is 22.7. The Morgan fingerprint density at radius 2 is 2.04 bits per heavy atom. The van der Waals surface area contributed by atoms with Crippen molar-refractivity contribution in [2.24, 2.45) is 16.3 Å². The molecule has 0 aromatic heterocycles. The first-order chi connectivity index (χ1) is 11.7. The van der Waals surface area contributed by atoms with Crippen molar-refractivity contribution in [3.05, 3.63) is 0 Å². The Morgan fingerprint density at radius 3 is 2.62 bits per heavy atom. The van der Waals surface area contributed by atoms with Crippen molar-refractivity contribution in [3.8, 4) is 0 Å². The third-order valence-electron chi connectivity index (χ3n) is 5.40. The number of nitrogens with zero attached hydrogens (tertiary/aromatic N) is 2. The van der Waals surface area contributed by atoms with Crippen LogP contribution in [0.15, 0.2) is 4.99 Å². The van der Waals surface area contributed by atoms with Crippen molar-refractivity contribution >= 4 is 5.96 Å². The van der Waals surface area contributed by atoms with E-state index in [0.29, 0.717) is 11.3 Å². The molecule has 1 atom stereocenters. The number of methoxy groups -OCH3 is 1. The van der Waals surface area contributed by atoms with E-state index in [1.165, 1.54) is 19.3 Å². The smallest absolute Gasteiger partial charge is 0.191 e. The van der Waals surface area contributed by atoms with Gasteiger partial charge in [0.05, 0.1) is 13.2 Å². The molecule has 1 heterocycles. The Morgan fingerprint density at radius 1 is 1.29 bits per heavy atom. The summed E-state index contributed by atoms with van der Waals surface area (Å²) in [4.78, 5) is 6.86. The van der Waals surface area contributed by atoms with E-state index in [9.17, 15) is 0 Å². The van der Waals surface area contributed by atoms with E-state index in [1.54, 1.807) is 7.11 Å². The molecule has 0 spiro atoms. The van der Waals surface area contributed by atoms with Crippen LogP contribution in [0, 0.1) is 11.3 Å². The number of morpholine rings is 1. The van der Waals surface area contributed by atoms with Gasteiger partial charge in [-0.3, -0.25) is 9.89 Å². The standard InChI is InChI=1S/C18H36N4O2/c1-16(14-22-8-11-24-12-9-22)13-20-17(19-2)21-15-18(5-4-6-18)7-10-23-3/h16H,4-15H2,1-3H3,(H2,19,20,21). The van der Waals surface area contributed by atoms with Gasteiger partial charge < -0.3 is 20.1 Å². The molecule has 24 heavy (non-hydrogen) atoms. The molecule has 2 aliphatic rings. The lowest BCUT2D eigenvalue weighted by Gasteiger charge is -2.42. The molecule has 6 heteroatoms. The van der Waals surface area contributed by atoms with Crippen molar-refractivity contribution in [2.45, 2.75) is 32.6 Å². The van der Waals surface area contributed by atoms with Gasteiger partial charge in [0, 0.05) is 53.5 Å². The summed E-state index contributed by atoms with van der Waals surface area (Å²) in [7, 11) is 3.64. The summed E-state index contributed by atoms with van der Waals surface area (Å²) in [6.45, 7) is 10.0. The average molecular weight is 341 g/mol. The fourth-order valence-corrected chi connectivity index (χ4v) is 3.56. The molecule has 140 valence electrons. The first-order valence-electron chi connectivity index (χ1n) is 9.41. The van der Waals surface area contributed by atoms with Crippen molar-refractivity contribution in [1.29, 1.82) is 0 Å². The minimum Gasteiger partial charge on any atom is -0.385 e. The van der Waals surface area contributed by atoms with E-state index < -0.39 is 0 Å². The Labute approximate surface area is 147 Å². The Bertz CT molecular complexity index is 379. The van der Waals surface area contributed by atoms with Gasteiger partial charge in [-0.2, -0.15) is 0 Å². The van der Waals surface area contributed by atoms with Gasteiger partial charge in [0.15, 0.2) is 5.96 Å². The maximum Gasteiger partial charge on any atom is 0.191 e. The van der Waals surface area contributed by atoms with Crippen molar-refractivity contribution in [1.82, 2.24) is 15.5 Å². The highest BCUT2D eigenvalue weighted by molar-refractivity contribution is 5.79. The fourth-order valence-electron chi connectivity index (χ4n) is 3.56. The molecule has 1 unspecified atom stereocenters. The number of guanidine groups is 1. The van der Waals surface area contributed by atoms with E-state index in [-0.39, 0.29) is 0 Å². The molecular formula is C18H36N4O2. The van der Waals surface area contributed by atoms with E-state index in [1.807, 2.05) is 7.05 Å². The van der Waals surface area contributed by atoms with Crippen LogP contribution in [0.4, 0.5) is 0 Å².